The van der Waals surface area contributed by atoms with Crippen molar-refractivity contribution in [3.05, 3.63) is 64.6 Å². The highest BCUT2D eigenvalue weighted by molar-refractivity contribution is 6.38. The topological polar surface area (TPSA) is 80.2 Å². The Balaban J connectivity index is 1.34. The van der Waals surface area contributed by atoms with Gasteiger partial charge in [-0.1, -0.05) is 17.7 Å². The van der Waals surface area contributed by atoms with E-state index in [1.165, 1.54) is 30.5 Å². The molecule has 2 aromatic carbocycles. The van der Waals surface area contributed by atoms with Crippen molar-refractivity contribution in [1.82, 2.24) is 14.9 Å². The first-order chi connectivity index (χ1) is 19.1. The molecule has 4 heterocycles. The van der Waals surface area contributed by atoms with Gasteiger partial charge in [0.05, 0.1) is 22.8 Å². The predicted octanol–water partition coefficient (Wildman–Crippen LogP) is 4.62. The zero-order valence-corrected chi connectivity index (χ0v) is 22.0. The Hall–Kier alpha value is -3.97. The molecule has 3 aliphatic rings. The summed E-state index contributed by atoms with van der Waals surface area (Å²) in [6.07, 6.45) is -3.43. The molecule has 0 spiro atoms. The second kappa shape index (κ2) is 9.89. The fourth-order valence-corrected chi connectivity index (χ4v) is 5.24. The molecule has 208 valence electrons. The third kappa shape index (κ3) is 4.58. The van der Waals surface area contributed by atoms with Crippen LogP contribution in [0, 0.1) is 5.82 Å². The van der Waals surface area contributed by atoms with Gasteiger partial charge in [-0.05, 0) is 37.4 Å². The lowest BCUT2D eigenvalue weighted by molar-refractivity contribution is -0.136. The number of likely N-dealkylation sites (N-methyl/N-ethyl adjacent to an activating group) is 1. The minimum atomic E-state index is -4.64. The molecule has 1 amide bonds. The molecule has 40 heavy (non-hydrogen) atoms. The first-order valence-corrected chi connectivity index (χ1v) is 12.9. The van der Waals surface area contributed by atoms with Crippen LogP contribution in [0.3, 0.4) is 0 Å². The summed E-state index contributed by atoms with van der Waals surface area (Å²) in [7, 11) is 1.97. The lowest BCUT2D eigenvalue weighted by Crippen LogP contribution is -2.51. The number of para-hydroxylation sites is 1. The Bertz CT molecular complexity index is 1500. The van der Waals surface area contributed by atoms with E-state index >= 15 is 0 Å². The van der Waals surface area contributed by atoms with Crippen molar-refractivity contribution in [3.63, 3.8) is 0 Å². The summed E-state index contributed by atoms with van der Waals surface area (Å²) in [6.45, 7) is 3.37. The van der Waals surface area contributed by atoms with Crippen LogP contribution in [-0.2, 0) is 6.18 Å². The lowest BCUT2D eigenvalue weighted by Gasteiger charge is -2.35. The maximum Gasteiger partial charge on any atom is 0.418 e. The highest BCUT2D eigenvalue weighted by Crippen LogP contribution is 2.40. The third-order valence-electron chi connectivity index (χ3n) is 7.06. The number of nitrogens with one attached hydrogen (secondary N) is 1. The summed E-state index contributed by atoms with van der Waals surface area (Å²) in [4.78, 5) is 33.0. The normalized spacial score (nSPS) is 17.6. The number of rotatable bonds is 4. The molecular weight excluding hydrogens is 552 g/mol. The maximum atomic E-state index is 14.8. The molecule has 9 nitrogen and oxygen atoms in total. The Labute approximate surface area is 231 Å². The number of aliphatic imine (C=N–C) groups is 1. The number of anilines is 5. The SMILES string of the molecule is CN1CCN(c2ccc(Nc3ncc4c(n3)N3CCN=C3N(c3c(F)cccc3Cl)C4=O)c(C(F)(F)F)c2)CC1. The molecule has 0 unspecified atom stereocenters. The van der Waals surface area contributed by atoms with E-state index in [0.29, 0.717) is 31.9 Å². The number of hydrogen-bond donors (Lipinski definition) is 1. The molecule has 1 N–H and O–H groups in total. The van der Waals surface area contributed by atoms with Crippen molar-refractivity contribution in [2.45, 2.75) is 6.18 Å². The molecule has 1 saturated heterocycles. The van der Waals surface area contributed by atoms with Crippen LogP contribution < -0.4 is 20.0 Å². The molecular formula is C26H23ClF4N8O. The van der Waals surface area contributed by atoms with Gasteiger partial charge in [-0.2, -0.15) is 18.2 Å². The number of piperazine rings is 1. The van der Waals surface area contributed by atoms with E-state index in [1.54, 1.807) is 11.0 Å². The van der Waals surface area contributed by atoms with Crippen LogP contribution in [0.4, 0.5) is 46.4 Å². The van der Waals surface area contributed by atoms with Crippen LogP contribution >= 0.6 is 11.6 Å². The van der Waals surface area contributed by atoms with Crippen LogP contribution in [0.5, 0.6) is 0 Å². The minimum absolute atomic E-state index is 0.0188. The molecule has 0 aliphatic carbocycles. The number of halogens is 5. The summed E-state index contributed by atoms with van der Waals surface area (Å²) in [5.74, 6) is -1.21. The molecule has 6 rings (SSSR count). The average molecular weight is 575 g/mol. The number of aromatic nitrogens is 2. The minimum Gasteiger partial charge on any atom is -0.369 e. The Morgan fingerprint density at radius 1 is 1.05 bits per heavy atom. The van der Waals surface area contributed by atoms with Gasteiger partial charge in [-0.15, -0.1) is 0 Å². The van der Waals surface area contributed by atoms with E-state index in [9.17, 15) is 22.4 Å². The molecule has 0 radical (unpaired) electrons. The largest absolute Gasteiger partial charge is 0.418 e. The van der Waals surface area contributed by atoms with E-state index in [2.05, 4.69) is 25.2 Å². The van der Waals surface area contributed by atoms with Gasteiger partial charge in [0, 0.05) is 44.6 Å². The first kappa shape index (κ1) is 26.3. The van der Waals surface area contributed by atoms with Crippen LogP contribution in [0.2, 0.25) is 5.02 Å². The first-order valence-electron chi connectivity index (χ1n) is 12.5. The molecule has 0 atom stereocenters. The van der Waals surface area contributed by atoms with Gasteiger partial charge in [0.1, 0.15) is 17.1 Å². The van der Waals surface area contributed by atoms with Crippen LogP contribution in [0.25, 0.3) is 0 Å². The fourth-order valence-electron chi connectivity index (χ4n) is 4.99. The van der Waals surface area contributed by atoms with Gasteiger partial charge in [-0.25, -0.2) is 14.3 Å². The quantitative estimate of drug-likeness (QED) is 0.456. The molecule has 3 aliphatic heterocycles. The number of carbonyl (C=O) groups is 1. The fraction of sp³-hybridized carbons (Fsp3) is 0.308. The van der Waals surface area contributed by atoms with Gasteiger partial charge in [0.15, 0.2) is 5.82 Å². The maximum absolute atomic E-state index is 14.8. The molecule has 3 aromatic rings. The zero-order valence-electron chi connectivity index (χ0n) is 21.2. The number of hydrogen-bond acceptors (Lipinski definition) is 8. The van der Waals surface area contributed by atoms with Gasteiger partial charge >= 0.3 is 6.18 Å². The Kier molecular flexibility index (Phi) is 6.50. The van der Waals surface area contributed by atoms with E-state index in [0.717, 1.165) is 24.1 Å². The second-order valence-electron chi connectivity index (χ2n) is 9.62. The average Bonchev–Trinajstić information content (AvgIpc) is 3.40. The van der Waals surface area contributed by atoms with E-state index in [-0.39, 0.29) is 39.7 Å². The van der Waals surface area contributed by atoms with E-state index < -0.39 is 23.5 Å². The lowest BCUT2D eigenvalue weighted by atomic mass is 10.1. The number of nitrogens with zero attached hydrogens (tertiary/aromatic N) is 7. The van der Waals surface area contributed by atoms with Crippen molar-refractivity contribution in [1.29, 1.82) is 0 Å². The van der Waals surface area contributed by atoms with Gasteiger partial charge in [0.25, 0.3) is 5.91 Å². The summed E-state index contributed by atoms with van der Waals surface area (Å²) >= 11 is 6.23. The van der Waals surface area contributed by atoms with Gasteiger partial charge < -0.3 is 15.1 Å². The molecule has 1 aromatic heterocycles. The molecule has 14 heteroatoms. The number of carbonyl (C=O) groups excluding carboxylic acids is 1. The number of alkyl halides is 3. The number of amides is 1. The monoisotopic (exact) mass is 574 g/mol. The second-order valence-corrected chi connectivity index (χ2v) is 10.0. The van der Waals surface area contributed by atoms with Crippen LogP contribution in [-0.4, -0.2) is 73.1 Å². The summed E-state index contributed by atoms with van der Waals surface area (Å²) < 4.78 is 57.1. The Morgan fingerprint density at radius 2 is 1.82 bits per heavy atom. The highest BCUT2D eigenvalue weighted by atomic mass is 35.5. The smallest absolute Gasteiger partial charge is 0.369 e. The Morgan fingerprint density at radius 3 is 2.55 bits per heavy atom. The van der Waals surface area contributed by atoms with Crippen LogP contribution in [0.1, 0.15) is 15.9 Å². The van der Waals surface area contributed by atoms with Crippen molar-refractivity contribution in [3.8, 4) is 0 Å². The molecule has 0 bridgehead atoms. The van der Waals surface area contributed by atoms with Crippen molar-refractivity contribution < 1.29 is 22.4 Å². The van der Waals surface area contributed by atoms with E-state index in [4.69, 9.17) is 11.6 Å². The third-order valence-corrected chi connectivity index (χ3v) is 7.37. The van der Waals surface area contributed by atoms with Crippen LogP contribution in [0.15, 0.2) is 47.6 Å². The predicted molar refractivity (Wildman–Crippen MR) is 144 cm³/mol. The standard InChI is InChI=1S/C26H23ClF4N8O/c1-36-9-11-37(12-10-36)15-5-6-20(17(13-15)26(29,30)31)34-24-33-14-16-22(35-24)38-8-7-32-25(38)39(23(16)40)21-18(27)3-2-4-19(21)28/h2-6,13-14H,7-12H2,1H3,(H,33,34,35). The molecule has 1 fully saturated rings. The number of guanidine groups is 1. The van der Waals surface area contributed by atoms with Crippen molar-refractivity contribution in [2.24, 2.45) is 4.99 Å². The van der Waals surface area contributed by atoms with Crippen molar-refractivity contribution >= 4 is 52.3 Å². The van der Waals surface area contributed by atoms with E-state index in [1.807, 2.05) is 11.9 Å². The highest BCUT2D eigenvalue weighted by Gasteiger charge is 2.42. The summed E-state index contributed by atoms with van der Waals surface area (Å²) in [5.41, 5.74) is -0.712. The zero-order chi connectivity index (χ0) is 28.2. The number of benzene rings is 2. The van der Waals surface area contributed by atoms with Gasteiger partial charge in [-0.3, -0.25) is 14.7 Å². The summed E-state index contributed by atoms with van der Waals surface area (Å²) in [6, 6.07) is 8.17. The van der Waals surface area contributed by atoms with Gasteiger partial charge in [0.2, 0.25) is 11.9 Å². The number of fused-ring (bicyclic) bond motifs is 3. The van der Waals surface area contributed by atoms with Crippen molar-refractivity contribution in [2.75, 3.05) is 66.3 Å². The summed E-state index contributed by atoms with van der Waals surface area (Å²) in [5, 5.41) is 2.70. The molecule has 0 saturated carbocycles.